The lowest BCUT2D eigenvalue weighted by Crippen LogP contribution is -2.48. The van der Waals surface area contributed by atoms with Gasteiger partial charge in [0.15, 0.2) is 0 Å². The molecular formula is C16H21F3N2O3. The highest BCUT2D eigenvalue weighted by atomic mass is 19.4. The molecule has 134 valence electrons. The van der Waals surface area contributed by atoms with Gasteiger partial charge in [-0.25, -0.2) is 4.79 Å². The van der Waals surface area contributed by atoms with Gasteiger partial charge in [-0.1, -0.05) is 31.5 Å². The third kappa shape index (κ3) is 4.77. The molecule has 1 fully saturated rings. The van der Waals surface area contributed by atoms with Gasteiger partial charge in [0.05, 0.1) is 6.61 Å². The van der Waals surface area contributed by atoms with E-state index in [1.807, 2.05) is 6.92 Å². The van der Waals surface area contributed by atoms with E-state index in [-0.39, 0.29) is 35.9 Å². The predicted octanol–water partition coefficient (Wildman–Crippen LogP) is 2.94. The average Bonchev–Trinajstić information content (AvgIpc) is 2.86. The number of aliphatic hydroxyl groups is 1. The average molecular weight is 346 g/mol. The van der Waals surface area contributed by atoms with Crippen molar-refractivity contribution < 1.29 is 27.8 Å². The lowest BCUT2D eigenvalue weighted by atomic mass is 9.86. The maximum Gasteiger partial charge on any atom is 0.573 e. The molecule has 8 heteroatoms. The number of aliphatic hydroxyl groups excluding tert-OH is 1. The number of amides is 2. The Labute approximate surface area is 138 Å². The van der Waals surface area contributed by atoms with Crippen LogP contribution in [0.1, 0.15) is 31.7 Å². The summed E-state index contributed by atoms with van der Waals surface area (Å²) in [6.07, 6.45) is -2.30. The zero-order valence-electron chi connectivity index (χ0n) is 13.3. The zero-order chi connectivity index (χ0) is 17.8. The van der Waals surface area contributed by atoms with E-state index in [1.165, 1.54) is 18.2 Å². The van der Waals surface area contributed by atoms with Crippen LogP contribution in [0.3, 0.4) is 0 Å². The van der Waals surface area contributed by atoms with Crippen molar-refractivity contribution >= 4 is 6.03 Å². The van der Waals surface area contributed by atoms with E-state index in [4.69, 9.17) is 0 Å². The van der Waals surface area contributed by atoms with Crippen molar-refractivity contribution in [1.29, 1.82) is 0 Å². The molecule has 0 radical (unpaired) electrons. The van der Waals surface area contributed by atoms with E-state index in [0.717, 1.165) is 19.3 Å². The molecule has 0 saturated heterocycles. The third-order valence-corrected chi connectivity index (χ3v) is 4.39. The fourth-order valence-electron chi connectivity index (χ4n) is 2.93. The number of urea groups is 1. The number of ether oxygens (including phenoxy) is 1. The second-order valence-electron chi connectivity index (χ2n) is 6.24. The van der Waals surface area contributed by atoms with Gasteiger partial charge in [0.2, 0.25) is 0 Å². The van der Waals surface area contributed by atoms with Crippen LogP contribution in [0.2, 0.25) is 0 Å². The summed E-state index contributed by atoms with van der Waals surface area (Å²) in [6, 6.07) is 5.00. The summed E-state index contributed by atoms with van der Waals surface area (Å²) in [4.78, 5) is 12.0. The smallest absolute Gasteiger partial charge is 0.405 e. The molecule has 2 unspecified atom stereocenters. The van der Waals surface area contributed by atoms with Gasteiger partial charge in [0, 0.05) is 23.6 Å². The topological polar surface area (TPSA) is 70.6 Å². The van der Waals surface area contributed by atoms with Crippen LogP contribution in [0.15, 0.2) is 24.3 Å². The number of rotatable bonds is 5. The van der Waals surface area contributed by atoms with E-state index in [0.29, 0.717) is 0 Å². The van der Waals surface area contributed by atoms with Crippen molar-refractivity contribution in [2.24, 2.45) is 5.41 Å². The fraction of sp³-hybridized carbons (Fsp3) is 0.562. The van der Waals surface area contributed by atoms with Gasteiger partial charge in [0.25, 0.3) is 0 Å². The molecule has 0 aromatic heterocycles. The molecular weight excluding hydrogens is 325 g/mol. The van der Waals surface area contributed by atoms with Crippen LogP contribution in [0.25, 0.3) is 0 Å². The maximum absolute atomic E-state index is 12.4. The molecule has 2 atom stereocenters. The van der Waals surface area contributed by atoms with Crippen molar-refractivity contribution in [3.63, 3.8) is 0 Å². The van der Waals surface area contributed by atoms with Crippen LogP contribution in [-0.2, 0) is 6.54 Å². The third-order valence-electron chi connectivity index (χ3n) is 4.39. The molecule has 3 N–H and O–H groups in total. The molecule has 0 bridgehead atoms. The summed E-state index contributed by atoms with van der Waals surface area (Å²) in [5.41, 5.74) is -0.143. The number of hydrogen-bond donors (Lipinski definition) is 3. The van der Waals surface area contributed by atoms with Crippen molar-refractivity contribution in [3.8, 4) is 5.75 Å². The molecule has 1 aromatic carbocycles. The Bertz CT molecular complexity index is 580. The van der Waals surface area contributed by atoms with Crippen LogP contribution in [0.5, 0.6) is 5.75 Å². The highest BCUT2D eigenvalue weighted by molar-refractivity contribution is 5.74. The summed E-state index contributed by atoms with van der Waals surface area (Å²) >= 11 is 0. The molecule has 0 spiro atoms. The van der Waals surface area contributed by atoms with E-state index in [2.05, 4.69) is 15.4 Å². The Morgan fingerprint density at radius 3 is 2.79 bits per heavy atom. The first kappa shape index (κ1) is 18.4. The summed E-state index contributed by atoms with van der Waals surface area (Å²) < 4.78 is 41.1. The number of nitrogens with one attached hydrogen (secondary N) is 2. The highest BCUT2D eigenvalue weighted by Crippen LogP contribution is 2.37. The molecule has 0 heterocycles. The van der Waals surface area contributed by atoms with Crippen LogP contribution in [0.4, 0.5) is 18.0 Å². The number of carbonyl (C=O) groups excluding carboxylic acids is 1. The first-order valence-corrected chi connectivity index (χ1v) is 7.72. The van der Waals surface area contributed by atoms with E-state index in [9.17, 15) is 23.1 Å². The van der Waals surface area contributed by atoms with Gasteiger partial charge in [-0.05, 0) is 18.9 Å². The van der Waals surface area contributed by atoms with Crippen LogP contribution < -0.4 is 15.4 Å². The minimum atomic E-state index is -4.79. The van der Waals surface area contributed by atoms with Crippen LogP contribution in [0, 0.1) is 5.41 Å². The molecule has 1 saturated carbocycles. The zero-order valence-corrected chi connectivity index (χ0v) is 13.3. The Hall–Kier alpha value is -1.96. The van der Waals surface area contributed by atoms with E-state index in [1.54, 1.807) is 6.07 Å². The summed E-state index contributed by atoms with van der Waals surface area (Å²) in [6.45, 7) is 1.78. The molecule has 0 aliphatic heterocycles. The Morgan fingerprint density at radius 1 is 1.42 bits per heavy atom. The SMILES string of the molecule is CC1(CO)CCCC1NC(=O)NCc1ccccc1OC(F)(F)F. The molecule has 2 rings (SSSR count). The molecule has 1 aliphatic carbocycles. The first-order chi connectivity index (χ1) is 11.2. The van der Waals surface area contributed by atoms with Crippen LogP contribution in [-0.4, -0.2) is 30.1 Å². The molecule has 1 aliphatic rings. The number of hydrogen-bond acceptors (Lipinski definition) is 3. The van der Waals surface area contributed by atoms with E-state index >= 15 is 0 Å². The molecule has 5 nitrogen and oxygen atoms in total. The lowest BCUT2D eigenvalue weighted by Gasteiger charge is -2.30. The minimum Gasteiger partial charge on any atom is -0.405 e. The van der Waals surface area contributed by atoms with Crippen molar-refractivity contribution in [2.75, 3.05) is 6.61 Å². The van der Waals surface area contributed by atoms with Gasteiger partial charge in [-0.2, -0.15) is 0 Å². The molecule has 2 amide bonds. The Kier molecular flexibility index (Phi) is 5.58. The second kappa shape index (κ2) is 7.29. The summed E-state index contributed by atoms with van der Waals surface area (Å²) in [7, 11) is 0. The second-order valence-corrected chi connectivity index (χ2v) is 6.24. The van der Waals surface area contributed by atoms with Crippen LogP contribution >= 0.6 is 0 Å². The number of halogens is 3. The highest BCUT2D eigenvalue weighted by Gasteiger charge is 2.39. The van der Waals surface area contributed by atoms with Gasteiger partial charge in [-0.15, -0.1) is 13.2 Å². The van der Waals surface area contributed by atoms with Gasteiger partial charge < -0.3 is 20.5 Å². The number of benzene rings is 1. The summed E-state index contributed by atoms with van der Waals surface area (Å²) in [5.74, 6) is -0.341. The van der Waals surface area contributed by atoms with E-state index < -0.39 is 12.4 Å². The fourth-order valence-corrected chi connectivity index (χ4v) is 2.93. The Morgan fingerprint density at radius 2 is 2.12 bits per heavy atom. The number of carbonyl (C=O) groups is 1. The first-order valence-electron chi connectivity index (χ1n) is 7.72. The van der Waals surface area contributed by atoms with Crippen molar-refractivity contribution in [3.05, 3.63) is 29.8 Å². The quantitative estimate of drug-likeness (QED) is 0.768. The number of alkyl halides is 3. The minimum absolute atomic E-state index is 0.0276. The molecule has 24 heavy (non-hydrogen) atoms. The normalized spacial score (nSPS) is 23.8. The van der Waals surface area contributed by atoms with Crippen molar-refractivity contribution in [1.82, 2.24) is 10.6 Å². The largest absolute Gasteiger partial charge is 0.573 e. The van der Waals surface area contributed by atoms with Gasteiger partial charge in [0.1, 0.15) is 5.75 Å². The standard InChI is InChI=1S/C16H21F3N2O3/c1-15(10-22)8-4-7-13(15)21-14(23)20-9-11-5-2-3-6-12(11)24-16(17,18)19/h2-3,5-6,13,22H,4,7-10H2,1H3,(H2,20,21,23). The number of para-hydroxylation sites is 1. The predicted molar refractivity (Wildman–Crippen MR) is 81.3 cm³/mol. The maximum atomic E-state index is 12.4. The van der Waals surface area contributed by atoms with Gasteiger partial charge in [-0.3, -0.25) is 0 Å². The lowest BCUT2D eigenvalue weighted by molar-refractivity contribution is -0.274. The van der Waals surface area contributed by atoms with Gasteiger partial charge >= 0.3 is 12.4 Å². The van der Waals surface area contributed by atoms with Crippen molar-refractivity contribution in [2.45, 2.75) is 45.1 Å². The monoisotopic (exact) mass is 346 g/mol. The summed E-state index contributed by atoms with van der Waals surface area (Å²) in [5, 5.41) is 14.8. The Balaban J connectivity index is 1.93. The molecule has 1 aromatic rings.